The molecular formula is C14H15NO3S. The molecule has 0 aliphatic heterocycles. The van der Waals surface area contributed by atoms with Gasteiger partial charge in [-0.15, -0.1) is 11.3 Å². The van der Waals surface area contributed by atoms with Crippen molar-refractivity contribution < 1.29 is 14.3 Å². The summed E-state index contributed by atoms with van der Waals surface area (Å²) in [5, 5.41) is 3.80. The minimum absolute atomic E-state index is 0.0872. The predicted octanol–water partition coefficient (Wildman–Crippen LogP) is 2.83. The first-order valence-electron chi connectivity index (χ1n) is 5.94. The lowest BCUT2D eigenvalue weighted by Gasteiger charge is -2.05. The number of esters is 1. The molecule has 0 fully saturated rings. The van der Waals surface area contributed by atoms with Crippen LogP contribution in [0.4, 0.5) is 0 Å². The van der Waals surface area contributed by atoms with E-state index in [-0.39, 0.29) is 17.9 Å². The number of fused-ring (bicyclic) bond motifs is 1. The molecule has 1 N–H and O–H groups in total. The summed E-state index contributed by atoms with van der Waals surface area (Å²) in [5.41, 5.74) is 0.493. The number of thiophene rings is 1. The molecule has 100 valence electrons. The average Bonchev–Trinajstić information content (AvgIpc) is 2.79. The minimum atomic E-state index is -0.372. The van der Waals surface area contributed by atoms with Crippen LogP contribution in [0.15, 0.2) is 24.3 Å². The summed E-state index contributed by atoms with van der Waals surface area (Å²) in [7, 11) is 1.35. The molecule has 0 spiro atoms. The Bertz CT molecular complexity index is 631. The second-order valence-electron chi connectivity index (χ2n) is 4.48. The van der Waals surface area contributed by atoms with Crippen molar-refractivity contribution in [3.8, 4) is 0 Å². The lowest BCUT2D eigenvalue weighted by Crippen LogP contribution is -2.29. The molecule has 0 atom stereocenters. The number of hydrogen-bond donors (Lipinski definition) is 1. The maximum atomic E-state index is 11.9. The molecular weight excluding hydrogens is 262 g/mol. The van der Waals surface area contributed by atoms with E-state index in [0.717, 1.165) is 10.1 Å². The number of rotatable bonds is 3. The molecule has 1 heterocycles. The zero-order chi connectivity index (χ0) is 14.0. The number of carbonyl (C=O) groups is 2. The molecule has 1 amide bonds. The summed E-state index contributed by atoms with van der Waals surface area (Å²) in [6.07, 6.45) is 0. The Hall–Kier alpha value is -1.88. The van der Waals surface area contributed by atoms with Crippen LogP contribution in [-0.4, -0.2) is 25.0 Å². The Morgan fingerprint density at radius 2 is 2.00 bits per heavy atom. The molecule has 0 aliphatic carbocycles. The molecule has 2 rings (SSSR count). The summed E-state index contributed by atoms with van der Waals surface area (Å²) >= 11 is 1.37. The second kappa shape index (κ2) is 5.40. The fourth-order valence-electron chi connectivity index (χ4n) is 1.72. The molecule has 0 radical (unpaired) electrons. The smallest absolute Gasteiger partial charge is 0.337 e. The monoisotopic (exact) mass is 277 g/mol. The predicted molar refractivity (Wildman–Crippen MR) is 75.8 cm³/mol. The SMILES string of the molecule is COC(=O)c1ccc2cc(C(=O)NC(C)C)sc2c1. The second-order valence-corrected chi connectivity index (χ2v) is 5.57. The van der Waals surface area contributed by atoms with Crippen LogP contribution in [0, 0.1) is 0 Å². The van der Waals surface area contributed by atoms with Crippen LogP contribution < -0.4 is 5.32 Å². The van der Waals surface area contributed by atoms with Gasteiger partial charge in [0.1, 0.15) is 0 Å². The highest BCUT2D eigenvalue weighted by Crippen LogP contribution is 2.27. The highest BCUT2D eigenvalue weighted by atomic mass is 32.1. The quantitative estimate of drug-likeness (QED) is 0.878. The zero-order valence-electron chi connectivity index (χ0n) is 11.0. The number of amides is 1. The lowest BCUT2D eigenvalue weighted by molar-refractivity contribution is 0.0600. The summed E-state index contributed by atoms with van der Waals surface area (Å²) in [6, 6.07) is 7.20. The fraction of sp³-hybridized carbons (Fsp3) is 0.286. The fourth-order valence-corrected chi connectivity index (χ4v) is 2.73. The van der Waals surface area contributed by atoms with Crippen molar-refractivity contribution in [2.75, 3.05) is 7.11 Å². The molecule has 0 saturated carbocycles. The summed E-state index contributed by atoms with van der Waals surface area (Å²) in [4.78, 5) is 24.0. The summed E-state index contributed by atoms with van der Waals surface area (Å²) < 4.78 is 5.58. The molecule has 0 saturated heterocycles. The number of methoxy groups -OCH3 is 1. The van der Waals surface area contributed by atoms with E-state index >= 15 is 0 Å². The Morgan fingerprint density at radius 3 is 2.63 bits per heavy atom. The van der Waals surface area contributed by atoms with Crippen molar-refractivity contribution in [2.24, 2.45) is 0 Å². The molecule has 0 bridgehead atoms. The van der Waals surface area contributed by atoms with E-state index in [0.29, 0.717) is 10.4 Å². The Morgan fingerprint density at radius 1 is 1.26 bits per heavy atom. The maximum Gasteiger partial charge on any atom is 0.337 e. The first kappa shape index (κ1) is 13.5. The highest BCUT2D eigenvalue weighted by Gasteiger charge is 2.13. The van der Waals surface area contributed by atoms with Crippen LogP contribution in [0.2, 0.25) is 0 Å². The molecule has 2 aromatic rings. The van der Waals surface area contributed by atoms with E-state index in [9.17, 15) is 9.59 Å². The van der Waals surface area contributed by atoms with Crippen molar-refractivity contribution in [2.45, 2.75) is 19.9 Å². The number of hydrogen-bond acceptors (Lipinski definition) is 4. The number of nitrogens with one attached hydrogen (secondary N) is 1. The molecule has 5 heteroatoms. The van der Waals surface area contributed by atoms with Gasteiger partial charge in [0.05, 0.1) is 17.6 Å². The van der Waals surface area contributed by atoms with Gasteiger partial charge in [0.25, 0.3) is 5.91 Å². The van der Waals surface area contributed by atoms with Crippen LogP contribution in [0.25, 0.3) is 10.1 Å². The van der Waals surface area contributed by atoms with Crippen LogP contribution in [0.3, 0.4) is 0 Å². The van der Waals surface area contributed by atoms with Gasteiger partial charge in [-0.1, -0.05) is 6.07 Å². The molecule has 19 heavy (non-hydrogen) atoms. The molecule has 0 unspecified atom stereocenters. The van der Waals surface area contributed by atoms with E-state index in [2.05, 4.69) is 10.1 Å². The van der Waals surface area contributed by atoms with E-state index < -0.39 is 0 Å². The summed E-state index contributed by atoms with van der Waals surface area (Å²) in [6.45, 7) is 3.83. The molecule has 0 aliphatic rings. The van der Waals surface area contributed by atoms with Crippen LogP contribution >= 0.6 is 11.3 Å². The third-order valence-corrected chi connectivity index (χ3v) is 3.68. The van der Waals surface area contributed by atoms with Gasteiger partial charge in [-0.3, -0.25) is 4.79 Å². The standard InChI is InChI=1S/C14H15NO3S/c1-8(2)15-13(16)12-6-9-4-5-10(14(17)18-3)7-11(9)19-12/h4-8H,1-3H3,(H,15,16). The largest absolute Gasteiger partial charge is 0.465 e. The van der Waals surface area contributed by atoms with Crippen molar-refractivity contribution in [1.82, 2.24) is 5.32 Å². The van der Waals surface area contributed by atoms with Gasteiger partial charge in [0.15, 0.2) is 0 Å². The Kier molecular flexibility index (Phi) is 3.85. The van der Waals surface area contributed by atoms with Crippen LogP contribution in [-0.2, 0) is 4.74 Å². The third-order valence-electron chi connectivity index (χ3n) is 2.58. The highest BCUT2D eigenvalue weighted by molar-refractivity contribution is 7.20. The van der Waals surface area contributed by atoms with Gasteiger partial charge in [0, 0.05) is 10.7 Å². The van der Waals surface area contributed by atoms with Crippen molar-refractivity contribution in [1.29, 1.82) is 0 Å². The van der Waals surface area contributed by atoms with E-state index in [1.54, 1.807) is 12.1 Å². The maximum absolute atomic E-state index is 11.9. The number of benzene rings is 1. The van der Waals surface area contributed by atoms with Gasteiger partial charge in [-0.05, 0) is 37.4 Å². The van der Waals surface area contributed by atoms with Crippen LogP contribution in [0.1, 0.15) is 33.9 Å². The van der Waals surface area contributed by atoms with E-state index in [1.807, 2.05) is 26.0 Å². The molecule has 1 aromatic heterocycles. The van der Waals surface area contributed by atoms with Crippen LogP contribution in [0.5, 0.6) is 0 Å². The number of ether oxygens (including phenoxy) is 1. The average molecular weight is 277 g/mol. The third kappa shape index (κ3) is 2.93. The van der Waals surface area contributed by atoms with Crippen molar-refractivity contribution in [3.63, 3.8) is 0 Å². The zero-order valence-corrected chi connectivity index (χ0v) is 11.8. The lowest BCUT2D eigenvalue weighted by atomic mass is 10.2. The van der Waals surface area contributed by atoms with Crippen molar-refractivity contribution in [3.05, 3.63) is 34.7 Å². The van der Waals surface area contributed by atoms with Gasteiger partial charge in [-0.25, -0.2) is 4.79 Å². The van der Waals surface area contributed by atoms with E-state index in [1.165, 1.54) is 18.4 Å². The Balaban J connectivity index is 2.35. The summed E-state index contributed by atoms with van der Waals surface area (Å²) in [5.74, 6) is -0.459. The van der Waals surface area contributed by atoms with Gasteiger partial charge < -0.3 is 10.1 Å². The molecule has 4 nitrogen and oxygen atoms in total. The first-order chi connectivity index (χ1) is 9.01. The van der Waals surface area contributed by atoms with Gasteiger partial charge >= 0.3 is 5.97 Å². The normalized spacial score (nSPS) is 10.7. The Labute approximate surface area is 115 Å². The van der Waals surface area contributed by atoms with Crippen molar-refractivity contribution >= 4 is 33.3 Å². The van der Waals surface area contributed by atoms with Gasteiger partial charge in [-0.2, -0.15) is 0 Å². The molecule has 1 aromatic carbocycles. The van der Waals surface area contributed by atoms with Gasteiger partial charge in [0.2, 0.25) is 0 Å². The minimum Gasteiger partial charge on any atom is -0.465 e. The first-order valence-corrected chi connectivity index (χ1v) is 6.75. The van der Waals surface area contributed by atoms with E-state index in [4.69, 9.17) is 0 Å². The number of carbonyl (C=O) groups excluding carboxylic acids is 2. The topological polar surface area (TPSA) is 55.4 Å².